The van der Waals surface area contributed by atoms with Crippen LogP contribution in [0.2, 0.25) is 0 Å². The fourth-order valence-corrected chi connectivity index (χ4v) is 1.73. The molecule has 2 N–H and O–H groups in total. The molecule has 0 aromatic heterocycles. The van der Waals surface area contributed by atoms with Gasteiger partial charge < -0.3 is 5.11 Å². The van der Waals surface area contributed by atoms with E-state index in [1.165, 1.54) is 0 Å². The van der Waals surface area contributed by atoms with E-state index < -0.39 is 5.72 Å². The minimum Gasteiger partial charge on any atom is -0.372 e. The molecule has 0 heterocycles. The number of rotatable bonds is 4. The molecule has 88 valence electrons. The fraction of sp³-hybridized carbons (Fsp3) is 0.200. The Kier molecular flexibility index (Phi) is 3.57. The van der Waals surface area contributed by atoms with E-state index in [4.69, 9.17) is 0 Å². The Morgan fingerprint density at radius 1 is 0.941 bits per heavy atom. The van der Waals surface area contributed by atoms with Crippen molar-refractivity contribution in [2.24, 2.45) is 0 Å². The lowest BCUT2D eigenvalue weighted by atomic mass is 10.0. The summed E-state index contributed by atoms with van der Waals surface area (Å²) in [5, 5.41) is 13.5. The largest absolute Gasteiger partial charge is 0.372 e. The first-order chi connectivity index (χ1) is 8.18. The van der Waals surface area contributed by atoms with Crippen LogP contribution in [0.4, 0.5) is 0 Å². The number of nitrogens with one attached hydrogen (secondary N) is 1. The first-order valence-corrected chi connectivity index (χ1v) is 5.75. The lowest BCUT2D eigenvalue weighted by molar-refractivity contribution is 0.0178. The molecule has 2 heteroatoms. The Balaban J connectivity index is 2.03. The monoisotopic (exact) mass is 227 g/mol. The highest BCUT2D eigenvalue weighted by Gasteiger charge is 2.21. The standard InChI is InChI=1S/C15H17NO/c1-15(17,14-10-6-3-7-11-14)16-12-13-8-4-2-5-9-13/h2-11,16-17H,12H2,1H3. The Hall–Kier alpha value is -1.64. The molecule has 0 aliphatic carbocycles. The van der Waals surface area contributed by atoms with Crippen molar-refractivity contribution >= 4 is 0 Å². The molecule has 2 aromatic rings. The molecule has 2 rings (SSSR count). The molecule has 0 amide bonds. The van der Waals surface area contributed by atoms with E-state index in [1.54, 1.807) is 6.92 Å². The molecule has 0 spiro atoms. The first kappa shape index (κ1) is 11.8. The van der Waals surface area contributed by atoms with Crippen LogP contribution in [0.5, 0.6) is 0 Å². The Bertz CT molecular complexity index is 451. The normalized spacial score (nSPS) is 14.2. The zero-order valence-electron chi connectivity index (χ0n) is 9.93. The highest BCUT2D eigenvalue weighted by atomic mass is 16.3. The van der Waals surface area contributed by atoms with E-state index in [9.17, 15) is 5.11 Å². The van der Waals surface area contributed by atoms with Crippen LogP contribution in [-0.4, -0.2) is 5.11 Å². The maximum Gasteiger partial charge on any atom is 0.139 e. The Labute approximate surface area is 102 Å². The van der Waals surface area contributed by atoms with Gasteiger partial charge in [-0.3, -0.25) is 5.32 Å². The van der Waals surface area contributed by atoms with Crippen LogP contribution in [-0.2, 0) is 12.3 Å². The number of aliphatic hydroxyl groups is 1. The van der Waals surface area contributed by atoms with Gasteiger partial charge in [0, 0.05) is 6.54 Å². The average Bonchev–Trinajstić information content (AvgIpc) is 2.39. The average molecular weight is 227 g/mol. The lowest BCUT2D eigenvalue weighted by Gasteiger charge is -2.25. The zero-order chi connectivity index (χ0) is 12.1. The molecule has 2 aromatic carbocycles. The van der Waals surface area contributed by atoms with Crippen LogP contribution < -0.4 is 5.32 Å². The molecule has 17 heavy (non-hydrogen) atoms. The molecule has 0 fully saturated rings. The van der Waals surface area contributed by atoms with Crippen molar-refractivity contribution in [2.75, 3.05) is 0 Å². The molecule has 0 saturated carbocycles. The smallest absolute Gasteiger partial charge is 0.139 e. The minimum atomic E-state index is -1.00. The van der Waals surface area contributed by atoms with Crippen LogP contribution in [0.1, 0.15) is 18.1 Å². The molecule has 1 unspecified atom stereocenters. The summed E-state index contributed by atoms with van der Waals surface area (Å²) in [6, 6.07) is 19.7. The molecule has 2 nitrogen and oxygen atoms in total. The van der Waals surface area contributed by atoms with Gasteiger partial charge in [-0.1, -0.05) is 60.7 Å². The predicted molar refractivity (Wildman–Crippen MR) is 69.3 cm³/mol. The van der Waals surface area contributed by atoms with E-state index in [0.717, 1.165) is 11.1 Å². The van der Waals surface area contributed by atoms with Crippen LogP contribution in [0.3, 0.4) is 0 Å². The maximum absolute atomic E-state index is 10.3. The van der Waals surface area contributed by atoms with Gasteiger partial charge in [0.1, 0.15) is 5.72 Å². The van der Waals surface area contributed by atoms with Gasteiger partial charge in [-0.05, 0) is 18.1 Å². The first-order valence-electron chi connectivity index (χ1n) is 5.75. The van der Waals surface area contributed by atoms with E-state index in [1.807, 2.05) is 60.7 Å². The van der Waals surface area contributed by atoms with Gasteiger partial charge in [-0.2, -0.15) is 0 Å². The fourth-order valence-electron chi connectivity index (χ4n) is 1.73. The van der Waals surface area contributed by atoms with Gasteiger partial charge >= 0.3 is 0 Å². The van der Waals surface area contributed by atoms with Crippen molar-refractivity contribution in [2.45, 2.75) is 19.2 Å². The Morgan fingerprint density at radius 2 is 1.47 bits per heavy atom. The second-order valence-electron chi connectivity index (χ2n) is 4.28. The van der Waals surface area contributed by atoms with Gasteiger partial charge in [-0.15, -0.1) is 0 Å². The molecule has 0 radical (unpaired) electrons. The van der Waals surface area contributed by atoms with E-state index in [0.29, 0.717) is 6.54 Å². The van der Waals surface area contributed by atoms with Gasteiger partial charge in [-0.25, -0.2) is 0 Å². The molecule has 0 aliphatic rings. The summed E-state index contributed by atoms with van der Waals surface area (Å²) in [6.45, 7) is 2.41. The highest BCUT2D eigenvalue weighted by Crippen LogP contribution is 2.17. The zero-order valence-corrected chi connectivity index (χ0v) is 9.93. The van der Waals surface area contributed by atoms with E-state index >= 15 is 0 Å². The number of hydrogen-bond acceptors (Lipinski definition) is 2. The van der Waals surface area contributed by atoms with Crippen molar-refractivity contribution in [1.29, 1.82) is 0 Å². The van der Waals surface area contributed by atoms with Gasteiger partial charge in [0.25, 0.3) is 0 Å². The Morgan fingerprint density at radius 3 is 2.06 bits per heavy atom. The molecular weight excluding hydrogens is 210 g/mol. The summed E-state index contributed by atoms with van der Waals surface area (Å²) in [6.07, 6.45) is 0. The molecule has 1 atom stereocenters. The third-order valence-corrected chi connectivity index (χ3v) is 2.82. The second kappa shape index (κ2) is 5.13. The second-order valence-corrected chi connectivity index (χ2v) is 4.28. The third-order valence-electron chi connectivity index (χ3n) is 2.82. The molecule has 0 saturated heterocycles. The summed E-state index contributed by atoms with van der Waals surface area (Å²) >= 11 is 0. The summed E-state index contributed by atoms with van der Waals surface area (Å²) in [7, 11) is 0. The van der Waals surface area contributed by atoms with Crippen LogP contribution in [0, 0.1) is 0 Å². The molecule has 0 aliphatic heterocycles. The quantitative estimate of drug-likeness (QED) is 0.787. The van der Waals surface area contributed by atoms with Gasteiger partial charge in [0.05, 0.1) is 0 Å². The van der Waals surface area contributed by atoms with E-state index in [-0.39, 0.29) is 0 Å². The predicted octanol–water partition coefficient (Wildman–Crippen LogP) is 2.64. The van der Waals surface area contributed by atoms with Gasteiger partial charge in [0.2, 0.25) is 0 Å². The van der Waals surface area contributed by atoms with Crippen LogP contribution in [0.25, 0.3) is 0 Å². The van der Waals surface area contributed by atoms with Crippen molar-refractivity contribution in [3.05, 3.63) is 71.8 Å². The number of benzene rings is 2. The van der Waals surface area contributed by atoms with Crippen molar-refractivity contribution in [3.63, 3.8) is 0 Å². The summed E-state index contributed by atoms with van der Waals surface area (Å²) in [4.78, 5) is 0. The lowest BCUT2D eigenvalue weighted by Crippen LogP contribution is -2.38. The van der Waals surface area contributed by atoms with Crippen molar-refractivity contribution in [3.8, 4) is 0 Å². The van der Waals surface area contributed by atoms with Crippen LogP contribution >= 0.6 is 0 Å². The molecule has 0 bridgehead atoms. The van der Waals surface area contributed by atoms with Gasteiger partial charge in [0.15, 0.2) is 0 Å². The highest BCUT2D eigenvalue weighted by molar-refractivity contribution is 5.21. The van der Waals surface area contributed by atoms with E-state index in [2.05, 4.69) is 5.32 Å². The van der Waals surface area contributed by atoms with Crippen LogP contribution in [0.15, 0.2) is 60.7 Å². The summed E-state index contributed by atoms with van der Waals surface area (Å²) in [5.74, 6) is 0. The SMILES string of the molecule is CC(O)(NCc1ccccc1)c1ccccc1. The topological polar surface area (TPSA) is 32.3 Å². The van der Waals surface area contributed by atoms with Crippen molar-refractivity contribution in [1.82, 2.24) is 5.32 Å². The maximum atomic E-state index is 10.3. The summed E-state index contributed by atoms with van der Waals surface area (Å²) < 4.78 is 0. The summed E-state index contributed by atoms with van der Waals surface area (Å²) in [5.41, 5.74) is 1.02. The third kappa shape index (κ3) is 3.16. The molecular formula is C15H17NO. The number of hydrogen-bond donors (Lipinski definition) is 2. The minimum absolute atomic E-state index is 0.642. The van der Waals surface area contributed by atoms with Crippen molar-refractivity contribution < 1.29 is 5.11 Å².